The molecule has 0 atom stereocenters. The van der Waals surface area contributed by atoms with E-state index in [0.29, 0.717) is 6.42 Å². The van der Waals surface area contributed by atoms with Crippen LogP contribution >= 0.6 is 0 Å². The van der Waals surface area contributed by atoms with Crippen LogP contribution in [0.5, 0.6) is 0 Å². The summed E-state index contributed by atoms with van der Waals surface area (Å²) in [6, 6.07) is 0. The molecule has 0 aliphatic carbocycles. The first-order valence-electron chi connectivity index (χ1n) is 4.19. The van der Waals surface area contributed by atoms with Crippen LogP contribution in [0, 0.1) is 0 Å². The molecule has 86 valence electrons. The SMILES string of the molecule is CCCCCCC(=O)O.O=S(=O)(O)O. The first kappa shape index (κ1) is 15.8. The predicted octanol–water partition coefficient (Wildman–Crippen LogP) is 1.39. The van der Waals surface area contributed by atoms with E-state index >= 15 is 0 Å². The van der Waals surface area contributed by atoms with Gasteiger partial charge in [0.15, 0.2) is 0 Å². The Morgan fingerprint density at radius 1 is 1.14 bits per heavy atom. The van der Waals surface area contributed by atoms with Crippen molar-refractivity contribution in [3.05, 3.63) is 0 Å². The van der Waals surface area contributed by atoms with Crippen LogP contribution in [-0.2, 0) is 15.2 Å². The molecular weight excluding hydrogens is 212 g/mol. The van der Waals surface area contributed by atoms with Gasteiger partial charge < -0.3 is 5.11 Å². The van der Waals surface area contributed by atoms with Gasteiger partial charge in [0.25, 0.3) is 0 Å². The van der Waals surface area contributed by atoms with Crippen LogP contribution in [0.15, 0.2) is 0 Å². The quantitative estimate of drug-likeness (QED) is 0.484. The van der Waals surface area contributed by atoms with Crippen LogP contribution in [0.25, 0.3) is 0 Å². The van der Waals surface area contributed by atoms with Gasteiger partial charge in [-0.3, -0.25) is 13.9 Å². The molecule has 0 saturated carbocycles. The number of aliphatic carboxylic acids is 1. The Bertz CT molecular complexity index is 225. The normalized spacial score (nSPS) is 10.2. The Kier molecular flexibility index (Phi) is 10.1. The number of carbonyl (C=O) groups is 1. The van der Waals surface area contributed by atoms with E-state index in [0.717, 1.165) is 19.3 Å². The fraction of sp³-hybridized carbons (Fsp3) is 0.857. The van der Waals surface area contributed by atoms with E-state index in [1.165, 1.54) is 6.42 Å². The second-order valence-corrected chi connectivity index (χ2v) is 3.55. The minimum Gasteiger partial charge on any atom is -0.481 e. The smallest absolute Gasteiger partial charge is 0.394 e. The van der Waals surface area contributed by atoms with Gasteiger partial charge in [-0.25, -0.2) is 0 Å². The number of hydrogen-bond acceptors (Lipinski definition) is 3. The molecule has 3 N–H and O–H groups in total. The maximum atomic E-state index is 9.96. The molecule has 7 heteroatoms. The number of rotatable bonds is 5. The van der Waals surface area contributed by atoms with Crippen molar-refractivity contribution in [3.63, 3.8) is 0 Å². The summed E-state index contributed by atoms with van der Waals surface area (Å²) in [6.45, 7) is 2.11. The first-order valence-corrected chi connectivity index (χ1v) is 5.58. The van der Waals surface area contributed by atoms with Crippen molar-refractivity contribution in [2.24, 2.45) is 0 Å². The molecule has 0 amide bonds. The second kappa shape index (κ2) is 8.92. The summed E-state index contributed by atoms with van der Waals surface area (Å²) in [7, 11) is -4.67. The molecular formula is C7H16O6S. The molecule has 0 bridgehead atoms. The molecule has 6 nitrogen and oxygen atoms in total. The van der Waals surface area contributed by atoms with Crippen molar-refractivity contribution in [2.75, 3.05) is 0 Å². The molecule has 0 fully saturated rings. The first-order chi connectivity index (χ1) is 6.27. The third-order valence-corrected chi connectivity index (χ3v) is 1.24. The van der Waals surface area contributed by atoms with Crippen LogP contribution in [0.4, 0.5) is 0 Å². The van der Waals surface area contributed by atoms with E-state index in [1.807, 2.05) is 0 Å². The highest BCUT2D eigenvalue weighted by molar-refractivity contribution is 7.79. The highest BCUT2D eigenvalue weighted by atomic mass is 32.3. The van der Waals surface area contributed by atoms with Crippen LogP contribution in [0.3, 0.4) is 0 Å². The average Bonchev–Trinajstić information content (AvgIpc) is 1.94. The largest absolute Gasteiger partial charge is 0.481 e. The molecule has 0 aliphatic heterocycles. The maximum absolute atomic E-state index is 9.96. The predicted molar refractivity (Wildman–Crippen MR) is 50.6 cm³/mol. The lowest BCUT2D eigenvalue weighted by Crippen LogP contribution is -1.92. The summed E-state index contributed by atoms with van der Waals surface area (Å²) in [6.07, 6.45) is 4.55. The Hall–Kier alpha value is -0.660. The van der Waals surface area contributed by atoms with Crippen LogP contribution < -0.4 is 0 Å². The number of unbranched alkanes of at least 4 members (excludes halogenated alkanes) is 3. The average molecular weight is 228 g/mol. The second-order valence-electron chi connectivity index (χ2n) is 2.65. The third-order valence-electron chi connectivity index (χ3n) is 1.24. The Morgan fingerprint density at radius 2 is 1.57 bits per heavy atom. The molecule has 0 unspecified atom stereocenters. The van der Waals surface area contributed by atoms with Crippen molar-refractivity contribution >= 4 is 16.4 Å². The van der Waals surface area contributed by atoms with Gasteiger partial charge in [0.05, 0.1) is 0 Å². The lowest BCUT2D eigenvalue weighted by molar-refractivity contribution is -0.137. The Labute approximate surface area is 83.5 Å². The summed E-state index contributed by atoms with van der Waals surface area (Å²) in [5.74, 6) is -0.675. The van der Waals surface area contributed by atoms with Gasteiger partial charge in [0, 0.05) is 6.42 Å². The van der Waals surface area contributed by atoms with E-state index < -0.39 is 16.4 Å². The van der Waals surface area contributed by atoms with E-state index in [9.17, 15) is 4.79 Å². The fourth-order valence-electron chi connectivity index (χ4n) is 0.703. The highest BCUT2D eigenvalue weighted by Crippen LogP contribution is 2.01. The lowest BCUT2D eigenvalue weighted by Gasteiger charge is -1.92. The topological polar surface area (TPSA) is 112 Å². The standard InChI is InChI=1S/C7H14O2.H2O4S/c1-2-3-4-5-6-7(8)9;1-5(2,3)4/h2-6H2,1H3,(H,8,9);(H2,1,2,3,4). The molecule has 0 aromatic rings. The van der Waals surface area contributed by atoms with E-state index in [1.54, 1.807) is 0 Å². The zero-order valence-corrected chi connectivity index (χ0v) is 8.83. The van der Waals surface area contributed by atoms with Gasteiger partial charge >= 0.3 is 16.4 Å². The molecule has 14 heavy (non-hydrogen) atoms. The van der Waals surface area contributed by atoms with Crippen molar-refractivity contribution < 1.29 is 27.4 Å². The molecule has 0 radical (unpaired) electrons. The zero-order chi connectivity index (χ0) is 11.6. The van der Waals surface area contributed by atoms with Gasteiger partial charge in [-0.15, -0.1) is 0 Å². The van der Waals surface area contributed by atoms with Crippen molar-refractivity contribution in [2.45, 2.75) is 39.0 Å². The maximum Gasteiger partial charge on any atom is 0.394 e. The minimum absolute atomic E-state index is 0.333. The molecule has 0 saturated heterocycles. The zero-order valence-electron chi connectivity index (χ0n) is 8.01. The summed E-state index contributed by atoms with van der Waals surface area (Å²) < 4.78 is 31.6. The monoisotopic (exact) mass is 228 g/mol. The number of hydrogen-bond donors (Lipinski definition) is 3. The fourth-order valence-corrected chi connectivity index (χ4v) is 0.703. The molecule has 0 aliphatic rings. The van der Waals surface area contributed by atoms with E-state index in [2.05, 4.69) is 6.92 Å². The van der Waals surface area contributed by atoms with E-state index in [4.69, 9.17) is 22.6 Å². The van der Waals surface area contributed by atoms with Gasteiger partial charge in [0.1, 0.15) is 0 Å². The minimum atomic E-state index is -4.67. The van der Waals surface area contributed by atoms with Crippen molar-refractivity contribution in [1.82, 2.24) is 0 Å². The van der Waals surface area contributed by atoms with Crippen LogP contribution in [0.2, 0.25) is 0 Å². The van der Waals surface area contributed by atoms with Crippen molar-refractivity contribution in [3.8, 4) is 0 Å². The molecule has 0 aromatic carbocycles. The lowest BCUT2D eigenvalue weighted by atomic mass is 10.2. The third kappa shape index (κ3) is 42.5. The molecule has 0 aromatic heterocycles. The molecule has 0 heterocycles. The number of carboxylic acids is 1. The van der Waals surface area contributed by atoms with Gasteiger partial charge in [-0.2, -0.15) is 8.42 Å². The van der Waals surface area contributed by atoms with Crippen LogP contribution in [0.1, 0.15) is 39.0 Å². The number of carboxylic acid groups (broad SMARTS) is 1. The van der Waals surface area contributed by atoms with Gasteiger partial charge in [0.2, 0.25) is 0 Å². The van der Waals surface area contributed by atoms with Crippen LogP contribution in [-0.4, -0.2) is 28.6 Å². The van der Waals surface area contributed by atoms with Crippen molar-refractivity contribution in [1.29, 1.82) is 0 Å². The van der Waals surface area contributed by atoms with Gasteiger partial charge in [-0.1, -0.05) is 26.2 Å². The molecule has 0 rings (SSSR count). The summed E-state index contributed by atoms with van der Waals surface area (Å²) in [5.41, 5.74) is 0. The Morgan fingerprint density at radius 3 is 1.86 bits per heavy atom. The van der Waals surface area contributed by atoms with E-state index in [-0.39, 0.29) is 0 Å². The summed E-state index contributed by atoms with van der Waals surface area (Å²) in [4.78, 5) is 9.96. The summed E-state index contributed by atoms with van der Waals surface area (Å²) >= 11 is 0. The Balaban J connectivity index is 0. The molecule has 0 spiro atoms. The summed E-state index contributed by atoms with van der Waals surface area (Å²) in [5, 5.41) is 8.21. The van der Waals surface area contributed by atoms with Gasteiger partial charge in [-0.05, 0) is 6.42 Å². The highest BCUT2D eigenvalue weighted by Gasteiger charge is 1.93.